The lowest BCUT2D eigenvalue weighted by Gasteiger charge is -2.15. The highest BCUT2D eigenvalue weighted by atomic mass is 16.4. The molecule has 0 aliphatic heterocycles. The predicted molar refractivity (Wildman–Crippen MR) is 82.5 cm³/mol. The molecule has 2 unspecified atom stereocenters. The predicted octanol–water partition coefficient (Wildman–Crippen LogP) is 2.34. The minimum Gasteiger partial charge on any atom is -0.481 e. The summed E-state index contributed by atoms with van der Waals surface area (Å²) in [6.45, 7) is 6.39. The first-order chi connectivity index (χ1) is 9.95. The molecule has 1 aromatic rings. The first kappa shape index (κ1) is 17.2. The Balaban J connectivity index is 2.51. The van der Waals surface area contributed by atoms with Crippen LogP contribution in [0.4, 0.5) is 5.82 Å². The molecule has 0 saturated carbocycles. The molecule has 0 saturated heterocycles. The summed E-state index contributed by atoms with van der Waals surface area (Å²) < 4.78 is 1.65. The van der Waals surface area contributed by atoms with Crippen molar-refractivity contribution in [2.75, 3.05) is 5.32 Å². The Morgan fingerprint density at radius 2 is 2.14 bits per heavy atom. The fraction of sp³-hybridized carbons (Fsp3) is 0.667. The van der Waals surface area contributed by atoms with Crippen LogP contribution in [0.1, 0.15) is 46.5 Å². The normalized spacial score (nSPS) is 13.7. The molecule has 0 radical (unpaired) electrons. The molecule has 1 aromatic heterocycles. The van der Waals surface area contributed by atoms with Gasteiger partial charge in [-0.25, -0.2) is 4.98 Å². The zero-order valence-corrected chi connectivity index (χ0v) is 13.0. The Morgan fingerprint density at radius 3 is 2.76 bits per heavy atom. The number of hydrogen-bond donors (Lipinski definition) is 2. The Bertz CT molecular complexity index is 513. The van der Waals surface area contributed by atoms with Gasteiger partial charge in [-0.1, -0.05) is 20.3 Å². The molecule has 0 aromatic carbocycles. The van der Waals surface area contributed by atoms with Crippen molar-refractivity contribution in [3.05, 3.63) is 22.7 Å². The second-order valence-electron chi connectivity index (χ2n) is 5.49. The van der Waals surface area contributed by atoms with Gasteiger partial charge in [0.15, 0.2) is 5.82 Å². The summed E-state index contributed by atoms with van der Waals surface area (Å²) in [5, 5.41) is 12.0. The third kappa shape index (κ3) is 5.57. The van der Waals surface area contributed by atoms with Crippen molar-refractivity contribution in [3.63, 3.8) is 0 Å². The zero-order valence-electron chi connectivity index (χ0n) is 13.0. The van der Waals surface area contributed by atoms with E-state index in [1.807, 2.05) is 13.8 Å². The third-order valence-electron chi connectivity index (χ3n) is 3.46. The van der Waals surface area contributed by atoms with Crippen molar-refractivity contribution in [1.82, 2.24) is 9.55 Å². The molecule has 6 nitrogen and oxygen atoms in total. The van der Waals surface area contributed by atoms with E-state index in [1.165, 1.54) is 0 Å². The minimum absolute atomic E-state index is 0.0867. The lowest BCUT2D eigenvalue weighted by Crippen LogP contribution is -2.28. The minimum atomic E-state index is -0.761. The van der Waals surface area contributed by atoms with Crippen LogP contribution < -0.4 is 10.9 Å². The summed E-state index contributed by atoms with van der Waals surface area (Å²) in [6, 6.07) is 0.0867. The Hall–Kier alpha value is -1.85. The number of hydrogen-bond acceptors (Lipinski definition) is 4. The van der Waals surface area contributed by atoms with Crippen LogP contribution in [0, 0.1) is 5.92 Å². The average molecular weight is 295 g/mol. The molecule has 2 atom stereocenters. The Kier molecular flexibility index (Phi) is 6.91. The van der Waals surface area contributed by atoms with Crippen LogP contribution in [0.5, 0.6) is 0 Å². The molecule has 1 rings (SSSR count). The molecule has 0 bridgehead atoms. The first-order valence-electron chi connectivity index (χ1n) is 7.50. The van der Waals surface area contributed by atoms with E-state index < -0.39 is 5.97 Å². The molecule has 1 heterocycles. The highest BCUT2D eigenvalue weighted by Gasteiger charge is 2.12. The number of aryl methyl sites for hydroxylation is 1. The summed E-state index contributed by atoms with van der Waals surface area (Å²) in [6.07, 6.45) is 6.46. The second kappa shape index (κ2) is 8.44. The van der Waals surface area contributed by atoms with Gasteiger partial charge in [0.1, 0.15) is 0 Å². The molecule has 21 heavy (non-hydrogen) atoms. The van der Waals surface area contributed by atoms with E-state index in [-0.39, 0.29) is 17.5 Å². The number of nitrogens with one attached hydrogen (secondary N) is 1. The summed E-state index contributed by atoms with van der Waals surface area (Å²) in [7, 11) is 0. The lowest BCUT2D eigenvalue weighted by molar-refractivity contribution is -0.141. The second-order valence-corrected chi connectivity index (χ2v) is 5.49. The summed E-state index contributed by atoms with van der Waals surface area (Å²) in [5.41, 5.74) is -0.106. The van der Waals surface area contributed by atoms with E-state index in [0.717, 1.165) is 19.3 Å². The van der Waals surface area contributed by atoms with Gasteiger partial charge in [-0.2, -0.15) is 0 Å². The van der Waals surface area contributed by atoms with Crippen molar-refractivity contribution in [2.24, 2.45) is 5.92 Å². The molecule has 118 valence electrons. The van der Waals surface area contributed by atoms with Crippen LogP contribution in [0.25, 0.3) is 0 Å². The maximum Gasteiger partial charge on any atom is 0.306 e. The largest absolute Gasteiger partial charge is 0.481 e. The number of carboxylic acids is 1. The van der Waals surface area contributed by atoms with Crippen LogP contribution in [0.15, 0.2) is 17.2 Å². The maximum atomic E-state index is 12.1. The average Bonchev–Trinajstić information content (AvgIpc) is 2.43. The number of anilines is 1. The summed E-state index contributed by atoms with van der Waals surface area (Å²) in [5.74, 6) is -0.721. The van der Waals surface area contributed by atoms with Crippen molar-refractivity contribution in [2.45, 2.75) is 59.0 Å². The SMILES string of the molecule is CCCn1ccnc(NC(C)CCCC(C)C(=O)O)c1=O. The fourth-order valence-corrected chi connectivity index (χ4v) is 2.12. The van der Waals surface area contributed by atoms with Gasteiger partial charge in [0.25, 0.3) is 5.56 Å². The lowest BCUT2D eigenvalue weighted by atomic mass is 10.0. The van der Waals surface area contributed by atoms with E-state index in [4.69, 9.17) is 5.11 Å². The Labute approximate surface area is 125 Å². The van der Waals surface area contributed by atoms with Crippen molar-refractivity contribution >= 4 is 11.8 Å². The fourth-order valence-electron chi connectivity index (χ4n) is 2.12. The van der Waals surface area contributed by atoms with E-state index in [9.17, 15) is 9.59 Å². The van der Waals surface area contributed by atoms with Gasteiger partial charge in [0.05, 0.1) is 5.92 Å². The first-order valence-corrected chi connectivity index (χ1v) is 7.50. The number of aromatic nitrogens is 2. The maximum absolute atomic E-state index is 12.1. The topological polar surface area (TPSA) is 84.2 Å². The molecule has 0 aliphatic rings. The molecular formula is C15H25N3O3. The van der Waals surface area contributed by atoms with E-state index in [1.54, 1.807) is 23.9 Å². The van der Waals surface area contributed by atoms with Crippen LogP contribution in [0.2, 0.25) is 0 Å². The van der Waals surface area contributed by atoms with Gasteiger partial charge in [0.2, 0.25) is 0 Å². The monoisotopic (exact) mass is 295 g/mol. The smallest absolute Gasteiger partial charge is 0.306 e. The van der Waals surface area contributed by atoms with E-state index in [0.29, 0.717) is 18.8 Å². The summed E-state index contributed by atoms with van der Waals surface area (Å²) in [4.78, 5) is 27.0. The van der Waals surface area contributed by atoms with Gasteiger partial charge in [-0.3, -0.25) is 9.59 Å². The zero-order chi connectivity index (χ0) is 15.8. The number of nitrogens with zero attached hydrogens (tertiary/aromatic N) is 2. The van der Waals surface area contributed by atoms with E-state index in [2.05, 4.69) is 10.3 Å². The highest BCUT2D eigenvalue weighted by Crippen LogP contribution is 2.11. The van der Waals surface area contributed by atoms with Gasteiger partial charge in [-0.15, -0.1) is 0 Å². The van der Waals surface area contributed by atoms with Gasteiger partial charge < -0.3 is 15.0 Å². The van der Waals surface area contributed by atoms with Crippen molar-refractivity contribution < 1.29 is 9.90 Å². The molecule has 0 fully saturated rings. The van der Waals surface area contributed by atoms with E-state index >= 15 is 0 Å². The molecule has 2 N–H and O–H groups in total. The quantitative estimate of drug-likeness (QED) is 0.730. The van der Waals surface area contributed by atoms with Crippen LogP contribution in [-0.4, -0.2) is 26.7 Å². The number of rotatable bonds is 9. The number of carbonyl (C=O) groups is 1. The number of carboxylic acid groups (broad SMARTS) is 1. The van der Waals surface area contributed by atoms with Crippen LogP contribution in [0.3, 0.4) is 0 Å². The molecule has 0 aliphatic carbocycles. The molecule has 0 amide bonds. The van der Waals surface area contributed by atoms with Crippen LogP contribution >= 0.6 is 0 Å². The molecule has 6 heteroatoms. The number of aliphatic carboxylic acids is 1. The van der Waals surface area contributed by atoms with Gasteiger partial charge in [-0.05, 0) is 26.2 Å². The van der Waals surface area contributed by atoms with Crippen molar-refractivity contribution in [3.8, 4) is 0 Å². The van der Waals surface area contributed by atoms with Gasteiger partial charge >= 0.3 is 5.97 Å². The van der Waals surface area contributed by atoms with Crippen LogP contribution in [-0.2, 0) is 11.3 Å². The summed E-state index contributed by atoms with van der Waals surface area (Å²) >= 11 is 0. The Morgan fingerprint density at radius 1 is 1.43 bits per heavy atom. The van der Waals surface area contributed by atoms with Gasteiger partial charge in [0, 0.05) is 25.0 Å². The molecular weight excluding hydrogens is 270 g/mol. The molecule has 0 spiro atoms. The standard InChI is InChI=1S/C15H25N3O3/c1-4-9-18-10-8-16-13(14(18)19)17-12(3)7-5-6-11(2)15(20)21/h8,10-12H,4-7,9H2,1-3H3,(H,16,17)(H,20,21). The highest BCUT2D eigenvalue weighted by molar-refractivity contribution is 5.69. The third-order valence-corrected chi connectivity index (χ3v) is 3.46. The van der Waals surface area contributed by atoms with Crippen molar-refractivity contribution in [1.29, 1.82) is 0 Å².